The van der Waals surface area contributed by atoms with Crippen molar-refractivity contribution in [3.63, 3.8) is 0 Å². The smallest absolute Gasteiger partial charge is 0.207 e. The Bertz CT molecular complexity index is 768. The minimum Gasteiger partial charge on any atom is -0.207 e. The summed E-state index contributed by atoms with van der Waals surface area (Å²) in [7, 11) is -3.37. The zero-order valence-electron chi connectivity index (χ0n) is 13.4. The van der Waals surface area contributed by atoms with Gasteiger partial charge in [-0.15, -0.1) is 11.8 Å². The third-order valence-corrected chi connectivity index (χ3v) is 7.23. The van der Waals surface area contributed by atoms with Crippen LogP contribution >= 0.6 is 11.8 Å². The Morgan fingerprint density at radius 3 is 2.13 bits per heavy atom. The van der Waals surface area contributed by atoms with Crippen molar-refractivity contribution in [2.75, 3.05) is 13.1 Å². The highest BCUT2D eigenvalue weighted by Crippen LogP contribution is 2.32. The number of hydrogen-bond donors (Lipinski definition) is 0. The first kappa shape index (κ1) is 16.6. The lowest BCUT2D eigenvalue weighted by atomic mass is 10.2. The lowest BCUT2D eigenvalue weighted by Gasteiger charge is -2.16. The largest absolute Gasteiger partial charge is 0.243 e. The molecule has 1 aliphatic heterocycles. The topological polar surface area (TPSA) is 37.4 Å². The number of sulfonamides is 1. The minimum absolute atomic E-state index is 0.318. The van der Waals surface area contributed by atoms with Crippen molar-refractivity contribution in [1.29, 1.82) is 0 Å². The van der Waals surface area contributed by atoms with Crippen LogP contribution in [0.2, 0.25) is 0 Å². The molecule has 0 aliphatic carbocycles. The molecule has 0 saturated carbocycles. The van der Waals surface area contributed by atoms with Crippen LogP contribution in [0.4, 0.5) is 0 Å². The molecule has 1 aliphatic rings. The molecule has 1 saturated heterocycles. The second-order valence-electron chi connectivity index (χ2n) is 6.02. The van der Waals surface area contributed by atoms with E-state index < -0.39 is 10.0 Å². The summed E-state index contributed by atoms with van der Waals surface area (Å²) in [4.78, 5) is 1.60. The first-order valence-electron chi connectivity index (χ1n) is 7.75. The van der Waals surface area contributed by atoms with Crippen LogP contribution in [0, 0.1) is 13.8 Å². The van der Waals surface area contributed by atoms with Crippen molar-refractivity contribution in [2.24, 2.45) is 0 Å². The van der Waals surface area contributed by atoms with Gasteiger partial charge in [0.2, 0.25) is 10.0 Å². The van der Waals surface area contributed by atoms with Gasteiger partial charge in [-0.1, -0.05) is 35.4 Å². The molecule has 0 aromatic heterocycles. The average Bonchev–Trinajstić information content (AvgIpc) is 2.99. The van der Waals surface area contributed by atoms with Gasteiger partial charge in [-0.2, -0.15) is 4.31 Å². The van der Waals surface area contributed by atoms with Crippen molar-refractivity contribution in [3.05, 3.63) is 59.7 Å². The van der Waals surface area contributed by atoms with Crippen LogP contribution in [0.15, 0.2) is 58.3 Å². The molecule has 0 radical (unpaired) electrons. The van der Waals surface area contributed by atoms with Crippen molar-refractivity contribution in [2.45, 2.75) is 35.3 Å². The van der Waals surface area contributed by atoms with Crippen LogP contribution in [-0.2, 0) is 10.0 Å². The Labute approximate surface area is 142 Å². The highest BCUT2D eigenvalue weighted by molar-refractivity contribution is 8.00. The Kier molecular flexibility index (Phi) is 4.80. The molecule has 122 valence electrons. The molecule has 2 aromatic rings. The maximum absolute atomic E-state index is 12.7. The van der Waals surface area contributed by atoms with Crippen LogP contribution in [-0.4, -0.2) is 31.1 Å². The van der Waals surface area contributed by atoms with E-state index in [9.17, 15) is 8.42 Å². The molecule has 0 bridgehead atoms. The summed E-state index contributed by atoms with van der Waals surface area (Å²) in [6.07, 6.45) is 0.892. The van der Waals surface area contributed by atoms with Gasteiger partial charge in [-0.25, -0.2) is 8.42 Å². The predicted molar refractivity (Wildman–Crippen MR) is 95.4 cm³/mol. The number of benzene rings is 2. The third-order valence-electron chi connectivity index (χ3n) is 4.09. The van der Waals surface area contributed by atoms with Gasteiger partial charge in [0, 0.05) is 23.2 Å². The van der Waals surface area contributed by atoms with E-state index in [1.807, 2.05) is 19.1 Å². The monoisotopic (exact) mass is 347 g/mol. The van der Waals surface area contributed by atoms with E-state index in [1.165, 1.54) is 10.5 Å². The molecule has 1 heterocycles. The molecule has 3 nitrogen and oxygen atoms in total. The Balaban J connectivity index is 1.69. The number of aryl methyl sites for hydroxylation is 2. The summed E-state index contributed by atoms with van der Waals surface area (Å²) < 4.78 is 27.0. The van der Waals surface area contributed by atoms with Gasteiger partial charge in [0.25, 0.3) is 0 Å². The van der Waals surface area contributed by atoms with Crippen molar-refractivity contribution < 1.29 is 8.42 Å². The third kappa shape index (κ3) is 3.79. The first-order chi connectivity index (χ1) is 10.9. The van der Waals surface area contributed by atoms with E-state index in [1.54, 1.807) is 28.2 Å². The van der Waals surface area contributed by atoms with Gasteiger partial charge in [0.1, 0.15) is 0 Å². The number of nitrogens with zero attached hydrogens (tertiary/aromatic N) is 1. The average molecular weight is 348 g/mol. The van der Waals surface area contributed by atoms with Crippen LogP contribution in [0.25, 0.3) is 0 Å². The van der Waals surface area contributed by atoms with Crippen LogP contribution in [0.1, 0.15) is 17.5 Å². The number of thioether (sulfide) groups is 1. The minimum atomic E-state index is -3.37. The second kappa shape index (κ2) is 6.67. The van der Waals surface area contributed by atoms with E-state index in [2.05, 4.69) is 31.2 Å². The number of hydrogen-bond acceptors (Lipinski definition) is 3. The fraction of sp³-hybridized carbons (Fsp3) is 0.333. The summed E-state index contributed by atoms with van der Waals surface area (Å²) in [5, 5.41) is 0.318. The summed E-state index contributed by atoms with van der Waals surface area (Å²) in [6, 6.07) is 15.5. The van der Waals surface area contributed by atoms with Crippen molar-refractivity contribution in [1.82, 2.24) is 4.31 Å². The van der Waals surface area contributed by atoms with Gasteiger partial charge in [0.05, 0.1) is 4.90 Å². The summed E-state index contributed by atoms with van der Waals surface area (Å²) in [5.41, 5.74) is 2.31. The molecular weight excluding hydrogens is 326 g/mol. The summed E-state index contributed by atoms with van der Waals surface area (Å²) in [6.45, 7) is 5.20. The van der Waals surface area contributed by atoms with Crippen LogP contribution in [0.5, 0.6) is 0 Å². The second-order valence-corrected chi connectivity index (χ2v) is 9.33. The van der Waals surface area contributed by atoms with E-state index in [-0.39, 0.29) is 0 Å². The molecule has 0 spiro atoms. The Hall–Kier alpha value is -1.30. The maximum Gasteiger partial charge on any atom is 0.243 e. The molecule has 1 unspecified atom stereocenters. The molecular formula is C18H21NO2S2. The predicted octanol–water partition coefficient (Wildman–Crippen LogP) is 3.86. The highest BCUT2D eigenvalue weighted by Gasteiger charge is 2.32. The Morgan fingerprint density at radius 1 is 0.957 bits per heavy atom. The SMILES string of the molecule is Cc1ccc(SC2CCN(S(=O)(=O)c3ccc(C)cc3)C2)cc1. The molecule has 0 N–H and O–H groups in total. The molecule has 1 atom stereocenters. The first-order valence-corrected chi connectivity index (χ1v) is 10.1. The van der Waals surface area contributed by atoms with E-state index in [0.29, 0.717) is 23.2 Å². The lowest BCUT2D eigenvalue weighted by molar-refractivity contribution is 0.478. The zero-order chi connectivity index (χ0) is 16.4. The van der Waals surface area contributed by atoms with Gasteiger partial charge in [0.15, 0.2) is 0 Å². The Morgan fingerprint density at radius 2 is 1.52 bits per heavy atom. The zero-order valence-corrected chi connectivity index (χ0v) is 15.0. The standard InChI is InChI=1S/C18H21NO2S2/c1-14-3-7-16(8-4-14)22-17-11-12-19(13-17)23(20,21)18-9-5-15(2)6-10-18/h3-10,17H,11-13H2,1-2H3. The van der Waals surface area contributed by atoms with Crippen LogP contribution < -0.4 is 0 Å². The van der Waals surface area contributed by atoms with E-state index >= 15 is 0 Å². The maximum atomic E-state index is 12.7. The molecule has 2 aromatic carbocycles. The summed E-state index contributed by atoms with van der Waals surface area (Å²) >= 11 is 1.77. The lowest BCUT2D eigenvalue weighted by Crippen LogP contribution is -2.29. The molecule has 5 heteroatoms. The van der Waals surface area contributed by atoms with E-state index in [0.717, 1.165) is 12.0 Å². The van der Waals surface area contributed by atoms with Gasteiger partial charge in [-0.05, 0) is 44.5 Å². The van der Waals surface area contributed by atoms with Gasteiger partial charge in [-0.3, -0.25) is 0 Å². The fourth-order valence-corrected chi connectivity index (χ4v) is 5.43. The molecule has 1 fully saturated rings. The summed E-state index contributed by atoms with van der Waals surface area (Å²) in [5.74, 6) is 0. The normalized spacial score (nSPS) is 19.1. The fourth-order valence-electron chi connectivity index (χ4n) is 2.68. The van der Waals surface area contributed by atoms with Gasteiger partial charge >= 0.3 is 0 Å². The van der Waals surface area contributed by atoms with E-state index in [4.69, 9.17) is 0 Å². The number of rotatable bonds is 4. The van der Waals surface area contributed by atoms with Crippen molar-refractivity contribution in [3.8, 4) is 0 Å². The molecule has 23 heavy (non-hydrogen) atoms. The molecule has 3 rings (SSSR count). The quantitative estimate of drug-likeness (QED) is 0.843. The van der Waals surface area contributed by atoms with Gasteiger partial charge < -0.3 is 0 Å². The van der Waals surface area contributed by atoms with Crippen LogP contribution in [0.3, 0.4) is 0 Å². The molecule has 0 amide bonds. The highest BCUT2D eigenvalue weighted by atomic mass is 32.2. The van der Waals surface area contributed by atoms with Crippen molar-refractivity contribution >= 4 is 21.8 Å².